The summed E-state index contributed by atoms with van der Waals surface area (Å²) in [6, 6.07) is 0. The zero-order valence-electron chi connectivity index (χ0n) is 10.6. The van der Waals surface area contributed by atoms with Crippen molar-refractivity contribution in [2.75, 3.05) is 13.1 Å². The fourth-order valence-electron chi connectivity index (χ4n) is 1.50. The van der Waals surface area contributed by atoms with Gasteiger partial charge in [0.15, 0.2) is 0 Å². The first-order valence-corrected chi connectivity index (χ1v) is 6.33. The van der Waals surface area contributed by atoms with E-state index in [9.17, 15) is 0 Å². The molecule has 0 amide bonds. The van der Waals surface area contributed by atoms with Crippen LogP contribution in [0.3, 0.4) is 0 Å². The van der Waals surface area contributed by atoms with Crippen LogP contribution in [-0.4, -0.2) is 13.1 Å². The van der Waals surface area contributed by atoms with Crippen molar-refractivity contribution in [3.8, 4) is 0 Å². The number of nitrogens with one attached hydrogen (secondary N) is 1. The van der Waals surface area contributed by atoms with Gasteiger partial charge in [-0.3, -0.25) is 0 Å². The first-order valence-electron chi connectivity index (χ1n) is 6.33. The minimum Gasteiger partial charge on any atom is -0.317 e. The van der Waals surface area contributed by atoms with Crippen molar-refractivity contribution in [3.63, 3.8) is 0 Å². The molecule has 0 aliphatic heterocycles. The molecule has 1 nitrogen and oxygen atoms in total. The van der Waals surface area contributed by atoms with E-state index in [1.165, 1.54) is 45.2 Å². The van der Waals surface area contributed by atoms with Gasteiger partial charge in [0.05, 0.1) is 0 Å². The second-order valence-corrected chi connectivity index (χ2v) is 5.18. The molecule has 0 aliphatic carbocycles. The normalized spacial score (nSPS) is 11.6. The summed E-state index contributed by atoms with van der Waals surface area (Å²) in [7, 11) is 0. The Labute approximate surface area is 90.7 Å². The average molecular weight is 199 g/mol. The first-order chi connectivity index (χ1) is 6.63. The van der Waals surface area contributed by atoms with Gasteiger partial charge in [0.1, 0.15) is 0 Å². The van der Waals surface area contributed by atoms with E-state index in [0.29, 0.717) is 0 Å². The molecule has 0 bridgehead atoms. The highest BCUT2D eigenvalue weighted by Crippen LogP contribution is 2.07. The van der Waals surface area contributed by atoms with E-state index in [1.807, 2.05) is 0 Å². The maximum Gasteiger partial charge on any atom is -0.00465 e. The van der Waals surface area contributed by atoms with E-state index >= 15 is 0 Å². The molecule has 14 heavy (non-hydrogen) atoms. The minimum atomic E-state index is 0.837. The summed E-state index contributed by atoms with van der Waals surface area (Å²) in [5.74, 6) is 1.72. The van der Waals surface area contributed by atoms with Crippen LogP contribution < -0.4 is 5.32 Å². The Morgan fingerprint density at radius 1 is 0.714 bits per heavy atom. The second-order valence-electron chi connectivity index (χ2n) is 5.18. The molecule has 1 N–H and O–H groups in total. The fraction of sp³-hybridized carbons (Fsp3) is 1.00. The molecule has 1 heteroatoms. The maximum absolute atomic E-state index is 3.50. The van der Waals surface area contributed by atoms with Gasteiger partial charge in [-0.25, -0.2) is 0 Å². The van der Waals surface area contributed by atoms with Crippen molar-refractivity contribution in [1.82, 2.24) is 5.32 Å². The SMILES string of the molecule is CC(C)CCCCCNCCC(C)C. The van der Waals surface area contributed by atoms with Crippen LogP contribution in [0.5, 0.6) is 0 Å². The van der Waals surface area contributed by atoms with E-state index in [1.54, 1.807) is 0 Å². The lowest BCUT2D eigenvalue weighted by atomic mass is 10.1. The van der Waals surface area contributed by atoms with Crippen LogP contribution in [0, 0.1) is 11.8 Å². The first kappa shape index (κ1) is 14.0. The summed E-state index contributed by atoms with van der Waals surface area (Å²) in [4.78, 5) is 0. The molecule has 0 aromatic carbocycles. The number of hydrogen-bond donors (Lipinski definition) is 1. The van der Waals surface area contributed by atoms with Gasteiger partial charge in [-0.1, -0.05) is 47.0 Å². The molecule has 0 saturated heterocycles. The molecule has 0 rings (SSSR count). The molecule has 0 aliphatic rings. The van der Waals surface area contributed by atoms with Gasteiger partial charge < -0.3 is 5.32 Å². The lowest BCUT2D eigenvalue weighted by Crippen LogP contribution is -2.18. The van der Waals surface area contributed by atoms with Gasteiger partial charge in [-0.15, -0.1) is 0 Å². The molecule has 0 unspecified atom stereocenters. The Morgan fingerprint density at radius 3 is 1.93 bits per heavy atom. The molecule has 0 fully saturated rings. The van der Waals surface area contributed by atoms with Crippen molar-refractivity contribution in [2.24, 2.45) is 11.8 Å². The highest BCUT2D eigenvalue weighted by atomic mass is 14.8. The number of rotatable bonds is 9. The summed E-state index contributed by atoms with van der Waals surface area (Å²) in [6.45, 7) is 11.6. The van der Waals surface area contributed by atoms with Crippen molar-refractivity contribution in [1.29, 1.82) is 0 Å². The zero-order valence-corrected chi connectivity index (χ0v) is 10.6. The third-order valence-corrected chi connectivity index (χ3v) is 2.53. The highest BCUT2D eigenvalue weighted by molar-refractivity contribution is 4.53. The molecule has 0 spiro atoms. The maximum atomic E-state index is 3.50. The number of unbranched alkanes of at least 4 members (excludes halogenated alkanes) is 2. The van der Waals surface area contributed by atoms with Crippen LogP contribution in [0.4, 0.5) is 0 Å². The van der Waals surface area contributed by atoms with Crippen LogP contribution in [0.25, 0.3) is 0 Å². The zero-order chi connectivity index (χ0) is 10.8. The van der Waals surface area contributed by atoms with Crippen LogP contribution >= 0.6 is 0 Å². The predicted molar refractivity (Wildman–Crippen MR) is 65.6 cm³/mol. The van der Waals surface area contributed by atoms with E-state index in [0.717, 1.165) is 11.8 Å². The molecular weight excluding hydrogens is 170 g/mol. The summed E-state index contributed by atoms with van der Waals surface area (Å²) in [5, 5.41) is 3.50. The van der Waals surface area contributed by atoms with Crippen LogP contribution in [0.1, 0.15) is 59.8 Å². The van der Waals surface area contributed by atoms with Gasteiger partial charge in [-0.2, -0.15) is 0 Å². The Bertz CT molecular complexity index is 93.8. The smallest absolute Gasteiger partial charge is 0.00465 e. The van der Waals surface area contributed by atoms with E-state index in [-0.39, 0.29) is 0 Å². The van der Waals surface area contributed by atoms with Crippen molar-refractivity contribution < 1.29 is 0 Å². The molecule has 0 aromatic rings. The lowest BCUT2D eigenvalue weighted by Gasteiger charge is -2.07. The van der Waals surface area contributed by atoms with Gasteiger partial charge >= 0.3 is 0 Å². The Kier molecular flexibility index (Phi) is 9.49. The van der Waals surface area contributed by atoms with Crippen LogP contribution in [0.2, 0.25) is 0 Å². The molecule has 0 aromatic heterocycles. The van der Waals surface area contributed by atoms with Crippen LogP contribution in [-0.2, 0) is 0 Å². The largest absolute Gasteiger partial charge is 0.317 e. The number of hydrogen-bond acceptors (Lipinski definition) is 1. The Morgan fingerprint density at radius 2 is 1.36 bits per heavy atom. The van der Waals surface area contributed by atoms with E-state index < -0.39 is 0 Å². The minimum absolute atomic E-state index is 0.837. The standard InChI is InChI=1S/C13H29N/c1-12(2)8-6-5-7-10-14-11-9-13(3)4/h12-14H,5-11H2,1-4H3. The molecule has 0 heterocycles. The summed E-state index contributed by atoms with van der Waals surface area (Å²) in [5.41, 5.74) is 0. The Balaban J connectivity index is 2.92. The molecule has 0 atom stereocenters. The highest BCUT2D eigenvalue weighted by Gasteiger charge is 1.95. The van der Waals surface area contributed by atoms with Crippen molar-refractivity contribution >= 4 is 0 Å². The third-order valence-electron chi connectivity index (χ3n) is 2.53. The fourth-order valence-corrected chi connectivity index (χ4v) is 1.50. The van der Waals surface area contributed by atoms with Gasteiger partial charge in [0, 0.05) is 0 Å². The van der Waals surface area contributed by atoms with Gasteiger partial charge in [0.2, 0.25) is 0 Å². The molecular formula is C13H29N. The second kappa shape index (κ2) is 9.51. The Hall–Kier alpha value is -0.0400. The molecule has 0 radical (unpaired) electrons. The van der Waals surface area contributed by atoms with Crippen molar-refractivity contribution in [2.45, 2.75) is 59.8 Å². The lowest BCUT2D eigenvalue weighted by molar-refractivity contribution is 0.499. The summed E-state index contributed by atoms with van der Waals surface area (Å²) >= 11 is 0. The van der Waals surface area contributed by atoms with Crippen molar-refractivity contribution in [3.05, 3.63) is 0 Å². The van der Waals surface area contributed by atoms with Crippen LogP contribution in [0.15, 0.2) is 0 Å². The average Bonchev–Trinajstić information content (AvgIpc) is 2.08. The van der Waals surface area contributed by atoms with E-state index in [4.69, 9.17) is 0 Å². The summed E-state index contributed by atoms with van der Waals surface area (Å²) in [6.07, 6.45) is 6.86. The monoisotopic (exact) mass is 199 g/mol. The summed E-state index contributed by atoms with van der Waals surface area (Å²) < 4.78 is 0. The molecule has 86 valence electrons. The quantitative estimate of drug-likeness (QED) is 0.556. The van der Waals surface area contributed by atoms with Gasteiger partial charge in [-0.05, 0) is 37.8 Å². The topological polar surface area (TPSA) is 12.0 Å². The molecule has 0 saturated carbocycles. The van der Waals surface area contributed by atoms with Gasteiger partial charge in [0.25, 0.3) is 0 Å². The predicted octanol–water partition coefficient (Wildman–Crippen LogP) is 3.84. The van der Waals surface area contributed by atoms with E-state index in [2.05, 4.69) is 33.0 Å². The third kappa shape index (κ3) is 12.0.